The number of oxazole rings is 1. The predicted molar refractivity (Wildman–Crippen MR) is 228 cm³/mol. The number of ether oxygens (including phenoxy) is 3. The van der Waals surface area contributed by atoms with Gasteiger partial charge in [0.05, 0.1) is 15.7 Å². The van der Waals surface area contributed by atoms with Gasteiger partial charge in [0.2, 0.25) is 11.7 Å². The number of halogens is 2. The normalized spacial score (nSPS) is 16.1. The van der Waals surface area contributed by atoms with Crippen molar-refractivity contribution in [2.45, 2.75) is 71.9 Å². The van der Waals surface area contributed by atoms with Gasteiger partial charge in [-0.25, -0.2) is 9.78 Å². The number of pyridine rings is 1. The zero-order chi connectivity index (χ0) is 42.9. The molecule has 3 atom stereocenters. The smallest absolute Gasteiger partial charge is 0.326 e. The molecule has 4 heterocycles. The van der Waals surface area contributed by atoms with Gasteiger partial charge in [0, 0.05) is 38.2 Å². The Labute approximate surface area is 362 Å². The van der Waals surface area contributed by atoms with Crippen LogP contribution < -0.4 is 19.5 Å². The number of benzene rings is 4. The molecule has 0 unspecified atom stereocenters. The van der Waals surface area contributed by atoms with Crippen molar-refractivity contribution in [3.63, 3.8) is 0 Å². The van der Waals surface area contributed by atoms with Crippen molar-refractivity contribution in [1.29, 1.82) is 0 Å². The number of rotatable bonds is 11. The molecule has 0 fully saturated rings. The van der Waals surface area contributed by atoms with Crippen molar-refractivity contribution in [3.05, 3.63) is 158 Å². The van der Waals surface area contributed by atoms with Crippen molar-refractivity contribution in [3.8, 4) is 28.4 Å². The quantitative estimate of drug-likeness (QED) is 0.129. The molecule has 0 radical (unpaired) electrons. The minimum Gasteiger partial charge on any atom is -0.489 e. The fourth-order valence-electron chi connectivity index (χ4n) is 7.68. The third-order valence-electron chi connectivity index (χ3n) is 11.1. The van der Waals surface area contributed by atoms with Gasteiger partial charge in [-0.3, -0.25) is 14.6 Å². The zero-order valence-corrected chi connectivity index (χ0v) is 35.3. The monoisotopic (exact) mass is 860 g/mol. The average Bonchev–Trinajstić information content (AvgIpc) is 3.60. The van der Waals surface area contributed by atoms with E-state index in [1.807, 2.05) is 86.6 Å². The fourth-order valence-corrected chi connectivity index (χ4v) is 8.00. The van der Waals surface area contributed by atoms with E-state index < -0.39 is 36.0 Å². The summed E-state index contributed by atoms with van der Waals surface area (Å²) in [5.41, 5.74) is 8.37. The molecule has 312 valence electrons. The highest BCUT2D eigenvalue weighted by atomic mass is 35.5. The minimum atomic E-state index is -1.27. The summed E-state index contributed by atoms with van der Waals surface area (Å²) in [7, 11) is 0. The molecule has 2 aromatic heterocycles. The Kier molecular flexibility index (Phi) is 11.7. The molecule has 2 aliphatic heterocycles. The number of aryl methyl sites for hydroxylation is 3. The highest BCUT2D eigenvalue weighted by molar-refractivity contribution is 6.42. The summed E-state index contributed by atoms with van der Waals surface area (Å²) in [6.07, 6.45) is 1.45. The van der Waals surface area contributed by atoms with Gasteiger partial charge < -0.3 is 34.0 Å². The van der Waals surface area contributed by atoms with E-state index in [9.17, 15) is 19.5 Å². The lowest BCUT2D eigenvalue weighted by atomic mass is 9.91. The number of nitrogens with one attached hydrogen (secondary N) is 1. The molecule has 0 aliphatic carbocycles. The molecule has 0 saturated carbocycles. The van der Waals surface area contributed by atoms with E-state index in [4.69, 9.17) is 41.8 Å². The fraction of sp³-hybridized carbons (Fsp3) is 0.255. The highest BCUT2D eigenvalue weighted by Gasteiger charge is 2.40. The Morgan fingerprint density at radius 3 is 2.33 bits per heavy atom. The van der Waals surface area contributed by atoms with E-state index >= 15 is 0 Å². The molecule has 0 bridgehead atoms. The van der Waals surface area contributed by atoms with Gasteiger partial charge in [-0.1, -0.05) is 65.7 Å². The van der Waals surface area contributed by atoms with Crippen molar-refractivity contribution in [1.82, 2.24) is 20.2 Å². The predicted octanol–water partition coefficient (Wildman–Crippen LogP) is 8.75. The summed E-state index contributed by atoms with van der Waals surface area (Å²) in [4.78, 5) is 51.0. The van der Waals surface area contributed by atoms with Gasteiger partial charge in [-0.05, 0) is 108 Å². The Balaban J connectivity index is 0.993. The average molecular weight is 862 g/mol. The van der Waals surface area contributed by atoms with Crippen molar-refractivity contribution in [2.24, 2.45) is 0 Å². The first kappa shape index (κ1) is 41.4. The van der Waals surface area contributed by atoms with Gasteiger partial charge in [-0.15, -0.1) is 0 Å². The third kappa shape index (κ3) is 8.92. The van der Waals surface area contributed by atoms with Crippen LogP contribution >= 0.6 is 23.2 Å². The Morgan fingerprint density at radius 1 is 0.885 bits per heavy atom. The molecule has 2 N–H and O–H groups in total. The molecule has 4 aromatic carbocycles. The van der Waals surface area contributed by atoms with Crippen molar-refractivity contribution < 1.29 is 38.1 Å². The van der Waals surface area contributed by atoms with Crippen LogP contribution in [0.3, 0.4) is 0 Å². The first-order valence-corrected chi connectivity index (χ1v) is 20.5. The number of carbonyl (C=O) groups excluding carboxylic acids is 2. The number of nitrogens with zero attached hydrogens (tertiary/aromatic N) is 3. The lowest BCUT2D eigenvalue weighted by molar-refractivity contribution is -0.142. The summed E-state index contributed by atoms with van der Waals surface area (Å²) >= 11 is 12.2. The summed E-state index contributed by atoms with van der Waals surface area (Å²) in [6.45, 7) is 7.83. The van der Waals surface area contributed by atoms with E-state index in [0.717, 1.165) is 50.2 Å². The van der Waals surface area contributed by atoms with E-state index in [0.29, 0.717) is 45.5 Å². The first-order valence-electron chi connectivity index (χ1n) is 19.7. The number of carbonyl (C=O) groups is 3. The maximum atomic E-state index is 14.2. The van der Waals surface area contributed by atoms with Crippen LogP contribution in [-0.2, 0) is 35.6 Å². The van der Waals surface area contributed by atoms with Crippen molar-refractivity contribution >= 4 is 41.0 Å². The summed E-state index contributed by atoms with van der Waals surface area (Å²) in [5, 5.41) is 14.0. The maximum absolute atomic E-state index is 14.2. The molecule has 0 saturated heterocycles. The van der Waals surface area contributed by atoms with Gasteiger partial charge in [0.1, 0.15) is 31.0 Å². The van der Waals surface area contributed by atoms with E-state index in [2.05, 4.69) is 15.3 Å². The molecule has 2 amide bonds. The van der Waals surface area contributed by atoms with Crippen molar-refractivity contribution in [2.75, 3.05) is 6.61 Å². The number of aliphatic carboxylic acids is 1. The number of carboxylic acid groups (broad SMARTS) is 1. The SMILES string of the molecule is Cc1nc(C)c(C(=O)N2Cc3cc4c(cc3C[C@H]2C(=O)N[C@@H](Cc2ccc(-c3ccnc(C)c3C)cc2)C(=O)O)OC[C@H](c2ccc(OCc3ccc(Cl)c(Cl)c3)cc2)O4)o1. The lowest BCUT2D eigenvalue weighted by Gasteiger charge is -2.37. The van der Waals surface area contributed by atoms with Gasteiger partial charge in [-0.2, -0.15) is 0 Å². The van der Waals surface area contributed by atoms with Gasteiger partial charge in [0.15, 0.2) is 23.5 Å². The molecular formula is C47H42Cl2N4O8. The highest BCUT2D eigenvalue weighted by Crippen LogP contribution is 2.41. The van der Waals surface area contributed by atoms with Gasteiger partial charge >= 0.3 is 5.97 Å². The molecule has 0 spiro atoms. The number of hydrogen-bond acceptors (Lipinski definition) is 9. The lowest BCUT2D eigenvalue weighted by Crippen LogP contribution is -2.56. The van der Waals surface area contributed by atoms with Crippen LogP contribution in [0.15, 0.2) is 95.5 Å². The number of carboxylic acids is 1. The Hall–Kier alpha value is -6.37. The number of amides is 2. The molecular weight excluding hydrogens is 819 g/mol. The summed E-state index contributed by atoms with van der Waals surface area (Å²) in [6, 6.07) is 23.7. The van der Waals surface area contributed by atoms with Crippen LogP contribution in [0.1, 0.15) is 67.3 Å². The van der Waals surface area contributed by atoms with Crippen LogP contribution in [0.5, 0.6) is 17.2 Å². The van der Waals surface area contributed by atoms with Crippen LogP contribution in [-0.4, -0.2) is 56.4 Å². The van der Waals surface area contributed by atoms with Crippen LogP contribution in [0.25, 0.3) is 11.1 Å². The van der Waals surface area contributed by atoms with Crippen LogP contribution in [0, 0.1) is 27.7 Å². The minimum absolute atomic E-state index is 0.00949. The number of aromatic nitrogens is 2. The Morgan fingerprint density at radius 2 is 1.62 bits per heavy atom. The Bertz CT molecular complexity index is 2650. The standard InChI is InChI=1S/C47H42Cl2N4O8/c1-25-26(2)50-16-15-36(25)31-8-5-29(6-9-31)18-39(47(56)57)52-45(54)40-19-33-20-41-42(21-34(33)22-53(40)46(55)44-27(3)51-28(4)60-44)61-43(24-59-41)32-10-12-35(13-11-32)58-23-30-7-14-37(48)38(49)17-30/h5-17,20-21,39-40,43H,18-19,22-24H2,1-4H3,(H,52,54)(H,56,57)/t39-,40-,43+/m0/s1. The van der Waals surface area contributed by atoms with Gasteiger partial charge in [0.25, 0.3) is 5.91 Å². The van der Waals surface area contributed by atoms with Crippen LogP contribution in [0.4, 0.5) is 0 Å². The second-order valence-corrected chi connectivity index (χ2v) is 16.1. The zero-order valence-electron chi connectivity index (χ0n) is 33.8. The van der Waals surface area contributed by atoms with E-state index in [-0.39, 0.29) is 31.8 Å². The first-order chi connectivity index (χ1) is 29.3. The van der Waals surface area contributed by atoms with E-state index in [1.54, 1.807) is 32.2 Å². The second kappa shape index (κ2) is 17.3. The number of fused-ring (bicyclic) bond motifs is 2. The topological polar surface area (TPSA) is 153 Å². The molecule has 6 aromatic rings. The van der Waals surface area contributed by atoms with E-state index in [1.165, 1.54) is 4.90 Å². The van der Waals surface area contributed by atoms with Crippen LogP contribution in [0.2, 0.25) is 10.0 Å². The molecule has 14 heteroatoms. The number of hydrogen-bond donors (Lipinski definition) is 2. The molecule has 2 aliphatic rings. The molecule has 8 rings (SSSR count). The summed E-state index contributed by atoms with van der Waals surface area (Å²) < 4.78 is 24.3. The second-order valence-electron chi connectivity index (χ2n) is 15.3. The third-order valence-corrected chi connectivity index (χ3v) is 11.9. The molecule has 61 heavy (non-hydrogen) atoms. The maximum Gasteiger partial charge on any atom is 0.326 e. The largest absolute Gasteiger partial charge is 0.489 e. The summed E-state index contributed by atoms with van der Waals surface area (Å²) in [5.74, 6) is -0.381. The molecule has 12 nitrogen and oxygen atoms in total.